The number of pyridine rings is 1. The second-order valence-corrected chi connectivity index (χ2v) is 7.74. The van der Waals surface area contributed by atoms with Gasteiger partial charge in [-0.05, 0) is 41.8 Å². The molecule has 0 unspecified atom stereocenters. The quantitative estimate of drug-likeness (QED) is 0.595. The van der Waals surface area contributed by atoms with Crippen molar-refractivity contribution < 1.29 is 22.4 Å². The van der Waals surface area contributed by atoms with Crippen molar-refractivity contribution in [1.82, 2.24) is 9.38 Å². The van der Waals surface area contributed by atoms with Crippen LogP contribution in [0.25, 0.3) is 16.9 Å². The van der Waals surface area contributed by atoms with E-state index in [9.17, 15) is 22.4 Å². The van der Waals surface area contributed by atoms with Crippen LogP contribution >= 0.6 is 0 Å². The first kappa shape index (κ1) is 19.9. The average Bonchev–Trinajstić information content (AvgIpc) is 2.89. The molecule has 0 aliphatic heterocycles. The summed E-state index contributed by atoms with van der Waals surface area (Å²) >= 11 is 0. The second kappa shape index (κ2) is 6.92. The van der Waals surface area contributed by atoms with Gasteiger partial charge in [0.05, 0.1) is 11.3 Å². The minimum Gasteiger partial charge on any atom is -0.309 e. The van der Waals surface area contributed by atoms with E-state index in [1.165, 1.54) is 34.9 Å². The SMILES string of the molecule is CC(C)(C)CC(=O)Nc1nc2cc(C(F)(F)F)ccn2c1-c1ccc(F)cc1. The molecule has 4 nitrogen and oxygen atoms in total. The lowest BCUT2D eigenvalue weighted by atomic mass is 9.92. The van der Waals surface area contributed by atoms with Gasteiger partial charge in [0.15, 0.2) is 5.82 Å². The number of benzene rings is 1. The third kappa shape index (κ3) is 4.32. The molecule has 1 amide bonds. The Bertz CT molecular complexity index is 1010. The van der Waals surface area contributed by atoms with Gasteiger partial charge in [-0.2, -0.15) is 13.2 Å². The number of halogens is 4. The third-order valence-electron chi connectivity index (χ3n) is 4.02. The molecule has 0 atom stereocenters. The highest BCUT2D eigenvalue weighted by Gasteiger charge is 2.31. The Morgan fingerprint density at radius 2 is 1.75 bits per heavy atom. The van der Waals surface area contributed by atoms with Crippen LogP contribution in [0.15, 0.2) is 42.6 Å². The number of anilines is 1. The van der Waals surface area contributed by atoms with Crippen LogP contribution in [0.1, 0.15) is 32.8 Å². The zero-order valence-electron chi connectivity index (χ0n) is 15.6. The second-order valence-electron chi connectivity index (χ2n) is 7.74. The van der Waals surface area contributed by atoms with Crippen molar-refractivity contribution in [3.05, 3.63) is 54.0 Å². The third-order valence-corrected chi connectivity index (χ3v) is 4.02. The molecule has 28 heavy (non-hydrogen) atoms. The molecule has 2 aromatic heterocycles. The van der Waals surface area contributed by atoms with Gasteiger partial charge in [0, 0.05) is 18.2 Å². The lowest BCUT2D eigenvalue weighted by Crippen LogP contribution is -2.20. The number of nitrogens with zero attached hydrogens (tertiary/aromatic N) is 2. The molecule has 1 N–H and O–H groups in total. The number of aromatic nitrogens is 2. The molecule has 0 saturated heterocycles. The van der Waals surface area contributed by atoms with Gasteiger partial charge in [-0.1, -0.05) is 20.8 Å². The molecule has 8 heteroatoms. The number of amides is 1. The molecule has 0 spiro atoms. The first-order valence-electron chi connectivity index (χ1n) is 8.59. The van der Waals surface area contributed by atoms with Crippen LogP contribution < -0.4 is 5.32 Å². The van der Waals surface area contributed by atoms with Crippen LogP contribution in [0.3, 0.4) is 0 Å². The summed E-state index contributed by atoms with van der Waals surface area (Å²) in [5.41, 5.74) is -0.197. The fourth-order valence-electron chi connectivity index (χ4n) is 2.85. The van der Waals surface area contributed by atoms with E-state index in [-0.39, 0.29) is 29.2 Å². The molecule has 0 aliphatic carbocycles. The minimum absolute atomic E-state index is 0.0280. The molecule has 1 aromatic carbocycles. The molecule has 0 bridgehead atoms. The van der Waals surface area contributed by atoms with Crippen molar-refractivity contribution in [1.29, 1.82) is 0 Å². The molecular weight excluding hydrogens is 374 g/mol. The molecule has 3 rings (SSSR count). The van der Waals surface area contributed by atoms with Crippen LogP contribution in [0.4, 0.5) is 23.4 Å². The van der Waals surface area contributed by atoms with Gasteiger partial charge in [-0.3, -0.25) is 9.20 Å². The topological polar surface area (TPSA) is 46.4 Å². The lowest BCUT2D eigenvalue weighted by molar-refractivity contribution is -0.137. The summed E-state index contributed by atoms with van der Waals surface area (Å²) in [6, 6.07) is 7.28. The Labute approximate surface area is 159 Å². The van der Waals surface area contributed by atoms with E-state index in [2.05, 4.69) is 10.3 Å². The van der Waals surface area contributed by atoms with Crippen LogP contribution in [-0.4, -0.2) is 15.3 Å². The molecule has 0 saturated carbocycles. The molecule has 148 valence electrons. The van der Waals surface area contributed by atoms with Crippen molar-refractivity contribution >= 4 is 17.4 Å². The summed E-state index contributed by atoms with van der Waals surface area (Å²) in [5.74, 6) is -0.634. The van der Waals surface area contributed by atoms with Crippen molar-refractivity contribution in [2.75, 3.05) is 5.32 Å². The summed E-state index contributed by atoms with van der Waals surface area (Å²) < 4.78 is 53.9. The first-order valence-corrected chi connectivity index (χ1v) is 8.59. The number of alkyl halides is 3. The van der Waals surface area contributed by atoms with Crippen LogP contribution in [-0.2, 0) is 11.0 Å². The fraction of sp³-hybridized carbons (Fsp3) is 0.300. The number of hydrogen-bond donors (Lipinski definition) is 1. The highest BCUT2D eigenvalue weighted by molar-refractivity contribution is 5.94. The van der Waals surface area contributed by atoms with E-state index in [4.69, 9.17) is 0 Å². The van der Waals surface area contributed by atoms with E-state index in [0.717, 1.165) is 12.1 Å². The highest BCUT2D eigenvalue weighted by Crippen LogP contribution is 2.34. The Kier molecular flexibility index (Phi) is 4.91. The summed E-state index contributed by atoms with van der Waals surface area (Å²) in [6.45, 7) is 5.69. The molecule has 0 radical (unpaired) electrons. The van der Waals surface area contributed by atoms with Crippen molar-refractivity contribution in [3.63, 3.8) is 0 Å². The van der Waals surface area contributed by atoms with Crippen molar-refractivity contribution in [2.24, 2.45) is 5.41 Å². The number of fused-ring (bicyclic) bond motifs is 1. The number of imidazole rings is 1. The first-order chi connectivity index (χ1) is 12.9. The number of hydrogen-bond acceptors (Lipinski definition) is 2. The molecule has 2 heterocycles. The number of carbonyl (C=O) groups is 1. The van der Waals surface area contributed by atoms with Gasteiger partial charge >= 0.3 is 6.18 Å². The Morgan fingerprint density at radius 3 is 2.32 bits per heavy atom. The summed E-state index contributed by atoms with van der Waals surface area (Å²) in [6.07, 6.45) is -3.07. The summed E-state index contributed by atoms with van der Waals surface area (Å²) in [4.78, 5) is 16.6. The maximum absolute atomic E-state index is 13.3. The zero-order chi connectivity index (χ0) is 20.7. The van der Waals surface area contributed by atoms with Crippen molar-refractivity contribution in [3.8, 4) is 11.3 Å². The number of nitrogens with one attached hydrogen (secondary N) is 1. The minimum atomic E-state index is -4.51. The zero-order valence-corrected chi connectivity index (χ0v) is 15.6. The molecule has 3 aromatic rings. The lowest BCUT2D eigenvalue weighted by Gasteiger charge is -2.17. The number of carbonyl (C=O) groups excluding carboxylic acids is 1. The molecule has 0 fully saturated rings. The van der Waals surface area contributed by atoms with Gasteiger partial charge in [0.25, 0.3) is 0 Å². The Balaban J connectivity index is 2.13. The summed E-state index contributed by atoms with van der Waals surface area (Å²) in [7, 11) is 0. The maximum Gasteiger partial charge on any atom is 0.416 e. The normalized spacial score (nSPS) is 12.4. The van der Waals surface area contributed by atoms with E-state index in [0.29, 0.717) is 11.3 Å². The van der Waals surface area contributed by atoms with E-state index in [1.807, 2.05) is 20.8 Å². The van der Waals surface area contributed by atoms with Gasteiger partial charge in [0.2, 0.25) is 5.91 Å². The van der Waals surface area contributed by atoms with Gasteiger partial charge in [0.1, 0.15) is 11.5 Å². The summed E-state index contributed by atoms with van der Waals surface area (Å²) in [5, 5.41) is 2.68. The Morgan fingerprint density at radius 1 is 1.11 bits per heavy atom. The van der Waals surface area contributed by atoms with Crippen LogP contribution in [0.5, 0.6) is 0 Å². The highest BCUT2D eigenvalue weighted by atomic mass is 19.4. The Hall–Kier alpha value is -2.90. The van der Waals surface area contributed by atoms with E-state index < -0.39 is 17.6 Å². The van der Waals surface area contributed by atoms with Gasteiger partial charge in [-0.25, -0.2) is 9.37 Å². The standard InChI is InChI=1S/C20H19F4N3O/c1-19(2,3)11-16(28)26-18-17(12-4-6-14(21)7-5-12)27-9-8-13(20(22,23)24)10-15(27)25-18/h4-10H,11H2,1-3H3,(H,26,28). The average molecular weight is 393 g/mol. The number of rotatable bonds is 3. The predicted molar refractivity (Wildman–Crippen MR) is 98.3 cm³/mol. The smallest absolute Gasteiger partial charge is 0.309 e. The fourth-order valence-corrected chi connectivity index (χ4v) is 2.85. The van der Waals surface area contributed by atoms with Crippen LogP contribution in [0.2, 0.25) is 0 Å². The molecule has 0 aliphatic rings. The van der Waals surface area contributed by atoms with E-state index in [1.54, 1.807) is 0 Å². The van der Waals surface area contributed by atoms with Gasteiger partial charge in [-0.15, -0.1) is 0 Å². The van der Waals surface area contributed by atoms with Gasteiger partial charge < -0.3 is 5.32 Å². The van der Waals surface area contributed by atoms with Crippen molar-refractivity contribution in [2.45, 2.75) is 33.4 Å². The largest absolute Gasteiger partial charge is 0.416 e. The van der Waals surface area contributed by atoms with Crippen LogP contribution in [0, 0.1) is 11.2 Å². The van der Waals surface area contributed by atoms with E-state index >= 15 is 0 Å². The predicted octanol–water partition coefficient (Wildman–Crippen LogP) is 5.53. The maximum atomic E-state index is 13.3. The molecular formula is C20H19F4N3O. The monoisotopic (exact) mass is 393 g/mol.